The summed E-state index contributed by atoms with van der Waals surface area (Å²) in [5.41, 5.74) is 4.31. The number of anilines is 1. The van der Waals surface area contributed by atoms with Crippen molar-refractivity contribution in [2.45, 2.75) is 6.54 Å². The van der Waals surface area contributed by atoms with Crippen LogP contribution in [-0.4, -0.2) is 24.9 Å². The summed E-state index contributed by atoms with van der Waals surface area (Å²) < 4.78 is 4.09. The Bertz CT molecular complexity index is 1400. The van der Waals surface area contributed by atoms with Crippen LogP contribution >= 0.6 is 23.2 Å². The van der Waals surface area contributed by atoms with Gasteiger partial charge in [-0.3, -0.25) is 18.5 Å². The second kappa shape index (κ2) is 8.41. The minimum absolute atomic E-state index is 0.270. The van der Waals surface area contributed by atoms with E-state index in [1.165, 1.54) is 11.6 Å². The van der Waals surface area contributed by atoms with Gasteiger partial charge in [0.1, 0.15) is 0 Å². The van der Waals surface area contributed by atoms with Crippen LogP contribution in [0.1, 0.15) is 11.1 Å². The number of rotatable bonds is 5. The maximum atomic E-state index is 12.9. The third kappa shape index (κ3) is 4.12. The number of halogens is 2. The van der Waals surface area contributed by atoms with Crippen molar-refractivity contribution in [2.24, 2.45) is 19.2 Å². The molecule has 158 valence electrons. The van der Waals surface area contributed by atoms with Crippen LogP contribution in [0.2, 0.25) is 10.0 Å². The Labute approximate surface area is 187 Å². The van der Waals surface area contributed by atoms with E-state index < -0.39 is 11.2 Å². The van der Waals surface area contributed by atoms with E-state index in [2.05, 4.69) is 15.5 Å². The molecule has 0 radical (unpaired) electrons. The quantitative estimate of drug-likeness (QED) is 0.368. The van der Waals surface area contributed by atoms with Gasteiger partial charge in [0.15, 0.2) is 11.2 Å². The van der Waals surface area contributed by atoms with E-state index in [4.69, 9.17) is 23.2 Å². The van der Waals surface area contributed by atoms with Gasteiger partial charge in [-0.15, -0.1) is 0 Å². The summed E-state index contributed by atoms with van der Waals surface area (Å²) in [4.78, 5) is 29.7. The first-order valence-electron chi connectivity index (χ1n) is 9.30. The van der Waals surface area contributed by atoms with Crippen molar-refractivity contribution >= 4 is 46.5 Å². The van der Waals surface area contributed by atoms with Crippen LogP contribution in [-0.2, 0) is 20.6 Å². The number of benzene rings is 2. The molecule has 10 heteroatoms. The van der Waals surface area contributed by atoms with Gasteiger partial charge in [-0.05, 0) is 35.4 Å². The largest absolute Gasteiger partial charge is 0.332 e. The molecule has 0 unspecified atom stereocenters. The first-order valence-corrected chi connectivity index (χ1v) is 10.1. The SMILES string of the molecule is Cn1c(=O)c2c(nc(N/N=C/c3ccc(Cl)cc3)n2Cc2ccc(Cl)cc2)n(C)c1=O. The lowest BCUT2D eigenvalue weighted by atomic mass is 10.2. The fraction of sp³-hybridized carbons (Fsp3) is 0.143. The van der Waals surface area contributed by atoms with Crippen LogP contribution in [0.3, 0.4) is 0 Å². The topological polar surface area (TPSA) is 86.2 Å². The van der Waals surface area contributed by atoms with Crippen LogP contribution in [0.4, 0.5) is 5.95 Å². The number of aryl methyl sites for hydroxylation is 1. The van der Waals surface area contributed by atoms with E-state index in [1.807, 2.05) is 24.3 Å². The molecule has 4 rings (SSSR count). The van der Waals surface area contributed by atoms with E-state index in [0.717, 1.165) is 15.7 Å². The molecule has 1 N–H and O–H groups in total. The lowest BCUT2D eigenvalue weighted by Gasteiger charge is -2.09. The van der Waals surface area contributed by atoms with Crippen molar-refractivity contribution in [3.8, 4) is 0 Å². The van der Waals surface area contributed by atoms with Gasteiger partial charge in [0.25, 0.3) is 5.56 Å². The number of aromatic nitrogens is 4. The summed E-state index contributed by atoms with van der Waals surface area (Å²) >= 11 is 11.9. The highest BCUT2D eigenvalue weighted by Crippen LogP contribution is 2.19. The lowest BCUT2D eigenvalue weighted by molar-refractivity contribution is 0.702. The standard InChI is InChI=1S/C21H18Cl2N6O2/c1-27-18-17(19(30)28(2)21(27)31)29(12-14-5-9-16(23)10-6-14)20(25-18)26-24-11-13-3-7-15(22)8-4-13/h3-11H,12H2,1-2H3,(H,25,26)/b24-11+. The normalized spacial score (nSPS) is 11.5. The molecular weight excluding hydrogens is 439 g/mol. The minimum atomic E-state index is -0.454. The summed E-state index contributed by atoms with van der Waals surface area (Å²) in [6.45, 7) is 0.333. The zero-order chi connectivity index (χ0) is 22.1. The molecule has 2 aromatic heterocycles. The molecule has 0 aliphatic heterocycles. The zero-order valence-electron chi connectivity index (χ0n) is 16.7. The van der Waals surface area contributed by atoms with Crippen molar-refractivity contribution in [3.05, 3.63) is 90.5 Å². The van der Waals surface area contributed by atoms with E-state index in [-0.39, 0.29) is 5.65 Å². The summed E-state index contributed by atoms with van der Waals surface area (Å²) in [5.74, 6) is 0.327. The molecule has 8 nitrogen and oxygen atoms in total. The van der Waals surface area contributed by atoms with E-state index in [0.29, 0.717) is 28.1 Å². The second-order valence-corrected chi connectivity index (χ2v) is 7.82. The average molecular weight is 457 g/mol. The molecule has 31 heavy (non-hydrogen) atoms. The maximum Gasteiger partial charge on any atom is 0.332 e. The molecular formula is C21H18Cl2N6O2. The number of hydrazone groups is 1. The van der Waals surface area contributed by atoms with Gasteiger partial charge in [0.05, 0.1) is 12.8 Å². The fourth-order valence-corrected chi connectivity index (χ4v) is 3.42. The third-order valence-electron chi connectivity index (χ3n) is 4.85. The van der Waals surface area contributed by atoms with Gasteiger partial charge in [0, 0.05) is 24.1 Å². The maximum absolute atomic E-state index is 12.9. The van der Waals surface area contributed by atoms with Crippen molar-refractivity contribution in [1.82, 2.24) is 18.7 Å². The number of nitrogens with zero attached hydrogens (tertiary/aromatic N) is 5. The second-order valence-electron chi connectivity index (χ2n) is 6.95. The lowest BCUT2D eigenvalue weighted by Crippen LogP contribution is -2.37. The van der Waals surface area contributed by atoms with Crippen LogP contribution in [0.25, 0.3) is 11.2 Å². The van der Waals surface area contributed by atoms with E-state index in [9.17, 15) is 9.59 Å². The molecule has 2 aromatic carbocycles. The molecule has 0 spiro atoms. The van der Waals surface area contributed by atoms with Gasteiger partial charge in [-0.2, -0.15) is 10.1 Å². The minimum Gasteiger partial charge on any atom is -0.298 e. The summed E-state index contributed by atoms with van der Waals surface area (Å²) in [6, 6.07) is 14.4. The van der Waals surface area contributed by atoms with Crippen LogP contribution in [0.5, 0.6) is 0 Å². The number of fused-ring (bicyclic) bond motifs is 1. The summed E-state index contributed by atoms with van der Waals surface area (Å²) in [7, 11) is 3.01. The molecule has 0 aliphatic carbocycles. The molecule has 4 aromatic rings. The Morgan fingerprint density at radius 3 is 2.23 bits per heavy atom. The van der Waals surface area contributed by atoms with Gasteiger partial charge < -0.3 is 0 Å². The first-order chi connectivity index (χ1) is 14.8. The van der Waals surface area contributed by atoms with Crippen molar-refractivity contribution in [3.63, 3.8) is 0 Å². The molecule has 2 heterocycles. The smallest absolute Gasteiger partial charge is 0.298 e. The van der Waals surface area contributed by atoms with Crippen LogP contribution < -0.4 is 16.7 Å². The molecule has 0 aliphatic rings. The van der Waals surface area contributed by atoms with E-state index in [1.54, 1.807) is 42.1 Å². The number of imidazole rings is 1. The van der Waals surface area contributed by atoms with Crippen molar-refractivity contribution in [2.75, 3.05) is 5.43 Å². The fourth-order valence-electron chi connectivity index (χ4n) is 3.17. The summed E-state index contributed by atoms with van der Waals surface area (Å²) in [5, 5.41) is 5.48. The highest BCUT2D eigenvalue weighted by atomic mass is 35.5. The number of hydrogen-bond acceptors (Lipinski definition) is 5. The predicted molar refractivity (Wildman–Crippen MR) is 123 cm³/mol. The molecule has 0 saturated carbocycles. The molecule has 0 fully saturated rings. The molecule has 0 bridgehead atoms. The van der Waals surface area contributed by atoms with Crippen LogP contribution in [0, 0.1) is 0 Å². The average Bonchev–Trinajstić information content (AvgIpc) is 3.12. The van der Waals surface area contributed by atoms with Crippen LogP contribution in [0.15, 0.2) is 63.2 Å². The Hall–Kier alpha value is -3.36. The van der Waals surface area contributed by atoms with Gasteiger partial charge in [-0.1, -0.05) is 47.5 Å². The molecule has 0 atom stereocenters. The highest BCUT2D eigenvalue weighted by Gasteiger charge is 2.19. The number of hydrogen-bond donors (Lipinski definition) is 1. The van der Waals surface area contributed by atoms with Gasteiger partial charge in [0.2, 0.25) is 5.95 Å². The van der Waals surface area contributed by atoms with E-state index >= 15 is 0 Å². The molecule has 0 amide bonds. The predicted octanol–water partition coefficient (Wildman–Crippen LogP) is 3.23. The van der Waals surface area contributed by atoms with Crippen molar-refractivity contribution < 1.29 is 0 Å². The zero-order valence-corrected chi connectivity index (χ0v) is 18.2. The monoisotopic (exact) mass is 456 g/mol. The first kappa shape index (κ1) is 20.9. The number of nitrogens with one attached hydrogen (secondary N) is 1. The Morgan fingerprint density at radius 2 is 1.58 bits per heavy atom. The van der Waals surface area contributed by atoms with Gasteiger partial charge >= 0.3 is 5.69 Å². The summed E-state index contributed by atoms with van der Waals surface area (Å²) in [6.07, 6.45) is 1.61. The third-order valence-corrected chi connectivity index (χ3v) is 5.35. The Balaban J connectivity index is 1.80. The Morgan fingerprint density at radius 1 is 0.968 bits per heavy atom. The molecule has 0 saturated heterocycles. The highest BCUT2D eigenvalue weighted by molar-refractivity contribution is 6.30. The Kier molecular flexibility index (Phi) is 5.67. The van der Waals surface area contributed by atoms with Gasteiger partial charge in [-0.25, -0.2) is 10.2 Å². The van der Waals surface area contributed by atoms with Crippen molar-refractivity contribution in [1.29, 1.82) is 0 Å².